The Morgan fingerprint density at radius 1 is 1.27 bits per heavy atom. The molecule has 3 heterocycles. The lowest BCUT2D eigenvalue weighted by atomic mass is 9.65. The van der Waals surface area contributed by atoms with Crippen LogP contribution in [-0.4, -0.2) is 82.0 Å². The Balaban J connectivity index is 1.83. The van der Waals surface area contributed by atoms with E-state index < -0.39 is 22.6 Å². The number of hydrogen-bond donors (Lipinski definition) is 1. The third kappa shape index (κ3) is 4.31. The molecule has 1 spiro atoms. The summed E-state index contributed by atoms with van der Waals surface area (Å²) in [7, 11) is 1.73. The number of fused-ring (bicyclic) bond motifs is 1. The van der Waals surface area contributed by atoms with Crippen molar-refractivity contribution in [3.05, 3.63) is 54.1 Å². The first-order chi connectivity index (χ1) is 17.6. The Bertz CT molecular complexity index is 1090. The molecule has 1 aromatic carbocycles. The molecular weight excluding hydrogens is 510 g/mol. The number of aliphatic hydroxyl groups is 1. The highest BCUT2D eigenvalue weighted by Gasteiger charge is 2.76. The van der Waals surface area contributed by atoms with Crippen molar-refractivity contribution in [2.24, 2.45) is 17.8 Å². The van der Waals surface area contributed by atoms with Gasteiger partial charge >= 0.3 is 0 Å². The van der Waals surface area contributed by atoms with Gasteiger partial charge in [-0.15, -0.1) is 24.9 Å². The zero-order valence-corrected chi connectivity index (χ0v) is 23.3. The quantitative estimate of drug-likeness (QED) is 0.455. The number of amides is 3. The molecule has 0 aliphatic carbocycles. The van der Waals surface area contributed by atoms with Gasteiger partial charge in [0.1, 0.15) is 6.04 Å². The van der Waals surface area contributed by atoms with E-state index in [1.54, 1.807) is 51.7 Å². The maximum absolute atomic E-state index is 14.6. The number of halogens is 1. The highest BCUT2D eigenvalue weighted by atomic mass is 35.5. The predicted octanol–water partition coefficient (Wildman–Crippen LogP) is 3.53. The van der Waals surface area contributed by atoms with Gasteiger partial charge in [-0.3, -0.25) is 14.4 Å². The van der Waals surface area contributed by atoms with Crippen molar-refractivity contribution in [3.63, 3.8) is 0 Å². The first-order valence-corrected chi connectivity index (χ1v) is 14.0. The van der Waals surface area contributed by atoms with Crippen LogP contribution in [0, 0.1) is 24.7 Å². The smallest absolute Gasteiger partial charge is 0.251 e. The molecule has 0 radical (unpaired) electrons. The van der Waals surface area contributed by atoms with Crippen LogP contribution >= 0.6 is 23.4 Å². The van der Waals surface area contributed by atoms with Gasteiger partial charge in [0.05, 0.1) is 27.3 Å². The third-order valence-electron chi connectivity index (χ3n) is 8.14. The van der Waals surface area contributed by atoms with Crippen molar-refractivity contribution in [2.45, 2.75) is 42.7 Å². The molecule has 0 saturated carbocycles. The summed E-state index contributed by atoms with van der Waals surface area (Å²) in [5.74, 6) is -1.52. The lowest BCUT2D eigenvalue weighted by Crippen LogP contribution is -2.57. The van der Waals surface area contributed by atoms with Gasteiger partial charge in [-0.05, 0) is 37.3 Å². The van der Waals surface area contributed by atoms with Crippen molar-refractivity contribution in [2.75, 3.05) is 38.2 Å². The fraction of sp³-hybridized carbons (Fsp3) is 0.536. The number of carbonyl (C=O) groups excluding carboxylic acids is 3. The second kappa shape index (κ2) is 10.8. The Morgan fingerprint density at radius 3 is 2.59 bits per heavy atom. The van der Waals surface area contributed by atoms with E-state index in [-0.39, 0.29) is 48.6 Å². The average molecular weight is 546 g/mol. The normalized spacial score (nSPS) is 29.8. The number of carbonyl (C=O) groups is 3. The second-order valence-corrected chi connectivity index (χ2v) is 12.3. The molecule has 3 unspecified atom stereocenters. The molecule has 3 amide bonds. The highest BCUT2D eigenvalue weighted by molar-refractivity contribution is 8.02. The van der Waals surface area contributed by atoms with Crippen molar-refractivity contribution < 1.29 is 19.5 Å². The molecule has 6 atom stereocenters. The summed E-state index contributed by atoms with van der Waals surface area (Å²) < 4.78 is -0.738. The van der Waals surface area contributed by atoms with Crippen LogP contribution in [0.15, 0.2) is 43.5 Å². The van der Waals surface area contributed by atoms with Gasteiger partial charge in [0, 0.05) is 38.5 Å². The molecule has 37 heavy (non-hydrogen) atoms. The van der Waals surface area contributed by atoms with Gasteiger partial charge < -0.3 is 19.8 Å². The molecule has 3 aliphatic heterocycles. The number of likely N-dealkylation sites (N-methyl/N-ethyl adjacent to an activating group) is 1. The van der Waals surface area contributed by atoms with Crippen LogP contribution in [0.1, 0.15) is 25.3 Å². The van der Waals surface area contributed by atoms with E-state index in [1.807, 2.05) is 19.1 Å². The Kier molecular flexibility index (Phi) is 8.12. The molecule has 4 rings (SSSR count). The number of nitrogens with zero attached hydrogens (tertiary/aromatic N) is 3. The largest absolute Gasteiger partial charge is 0.396 e. The number of aliphatic hydroxyl groups excluding tert-OH is 1. The number of aryl methyl sites for hydroxylation is 1. The van der Waals surface area contributed by atoms with Crippen molar-refractivity contribution in [1.29, 1.82) is 0 Å². The van der Waals surface area contributed by atoms with E-state index in [2.05, 4.69) is 20.1 Å². The van der Waals surface area contributed by atoms with E-state index in [4.69, 9.17) is 11.6 Å². The predicted molar refractivity (Wildman–Crippen MR) is 149 cm³/mol. The van der Waals surface area contributed by atoms with Crippen LogP contribution < -0.4 is 4.90 Å². The van der Waals surface area contributed by atoms with Gasteiger partial charge in [0.15, 0.2) is 0 Å². The lowest BCUT2D eigenvalue weighted by Gasteiger charge is -2.41. The van der Waals surface area contributed by atoms with Crippen LogP contribution in [0.4, 0.5) is 5.69 Å². The number of rotatable bonds is 10. The molecule has 3 fully saturated rings. The summed E-state index contributed by atoms with van der Waals surface area (Å²) in [5.41, 5.74) is 1.45. The fourth-order valence-corrected chi connectivity index (χ4v) is 9.37. The molecule has 9 heteroatoms. The molecule has 7 nitrogen and oxygen atoms in total. The van der Waals surface area contributed by atoms with E-state index >= 15 is 0 Å². The minimum Gasteiger partial charge on any atom is -0.396 e. The van der Waals surface area contributed by atoms with E-state index in [1.165, 1.54) is 0 Å². The number of hydrogen-bond acceptors (Lipinski definition) is 5. The lowest BCUT2D eigenvalue weighted by molar-refractivity contribution is -0.143. The molecule has 3 saturated heterocycles. The summed E-state index contributed by atoms with van der Waals surface area (Å²) in [6.07, 6.45) is 4.44. The van der Waals surface area contributed by atoms with Crippen LogP contribution in [-0.2, 0) is 14.4 Å². The van der Waals surface area contributed by atoms with Gasteiger partial charge in [0.2, 0.25) is 11.8 Å². The SMILES string of the molecule is C=CCN(C)C(=O)[C@@H]1[C@H]2C(=O)N(CCCO)C(C(=O)N(CC=C)c3c(C)cccc3Cl)C23S[C@@H]1CC3C. The standard InChI is InChI=1S/C28H36ClN3O4S/c1-6-12-30(5)25(34)21-20-16-18(4)28(37-20)22(21)26(35)32(14-9-15-33)24(28)27(36)31(13-7-2)23-17(3)10-8-11-19(23)29/h6-8,10-11,18,20-22,24,33H,1-2,9,12-16H2,3-5H3/t18?,20-,21+,22+,24?,28?/m1/s1. The minimum atomic E-state index is -0.778. The molecular formula is C28H36ClN3O4S. The molecule has 2 bridgehead atoms. The molecule has 0 aromatic heterocycles. The Morgan fingerprint density at radius 2 is 1.97 bits per heavy atom. The Hall–Kier alpha value is -2.29. The van der Waals surface area contributed by atoms with Crippen molar-refractivity contribution in [1.82, 2.24) is 9.80 Å². The molecule has 3 aliphatic rings. The fourth-order valence-electron chi connectivity index (χ4n) is 6.63. The number of thioether (sulfide) groups is 1. The number of anilines is 1. The summed E-state index contributed by atoms with van der Waals surface area (Å²) in [6.45, 7) is 12.4. The topological polar surface area (TPSA) is 81.2 Å². The molecule has 1 aromatic rings. The van der Waals surface area contributed by atoms with Crippen LogP contribution in [0.2, 0.25) is 5.02 Å². The molecule has 1 N–H and O–H groups in total. The van der Waals surface area contributed by atoms with Gasteiger partial charge in [0.25, 0.3) is 5.91 Å². The van der Waals surface area contributed by atoms with Crippen molar-refractivity contribution in [3.8, 4) is 0 Å². The first kappa shape index (κ1) is 27.7. The van der Waals surface area contributed by atoms with Crippen molar-refractivity contribution >= 4 is 46.8 Å². The summed E-state index contributed by atoms with van der Waals surface area (Å²) in [6, 6.07) is 4.71. The van der Waals surface area contributed by atoms with Gasteiger partial charge in [-0.1, -0.05) is 42.8 Å². The summed E-state index contributed by atoms with van der Waals surface area (Å²) in [4.78, 5) is 47.2. The first-order valence-electron chi connectivity index (χ1n) is 12.8. The van der Waals surface area contributed by atoms with Crippen LogP contribution in [0.5, 0.6) is 0 Å². The van der Waals surface area contributed by atoms with Gasteiger partial charge in [-0.2, -0.15) is 0 Å². The average Bonchev–Trinajstić information content (AvgIpc) is 3.45. The van der Waals surface area contributed by atoms with E-state index in [0.29, 0.717) is 23.7 Å². The van der Waals surface area contributed by atoms with E-state index in [9.17, 15) is 19.5 Å². The minimum absolute atomic E-state index is 0.0334. The van der Waals surface area contributed by atoms with Crippen LogP contribution in [0.3, 0.4) is 0 Å². The number of para-hydroxylation sites is 1. The summed E-state index contributed by atoms with van der Waals surface area (Å²) >= 11 is 8.24. The Labute approximate surface area is 228 Å². The molecule has 200 valence electrons. The number of benzene rings is 1. The zero-order valence-electron chi connectivity index (χ0n) is 21.7. The second-order valence-electron chi connectivity index (χ2n) is 10.3. The summed E-state index contributed by atoms with van der Waals surface area (Å²) in [5, 5.41) is 10.0. The maximum Gasteiger partial charge on any atom is 0.251 e. The monoisotopic (exact) mass is 545 g/mol. The number of likely N-dealkylation sites (tertiary alicyclic amines) is 1. The zero-order chi connectivity index (χ0) is 27.1. The van der Waals surface area contributed by atoms with Crippen LogP contribution in [0.25, 0.3) is 0 Å². The maximum atomic E-state index is 14.6. The van der Waals surface area contributed by atoms with E-state index in [0.717, 1.165) is 12.0 Å². The third-order valence-corrected chi connectivity index (χ3v) is 10.5. The highest BCUT2D eigenvalue weighted by Crippen LogP contribution is 2.69. The van der Waals surface area contributed by atoms with Gasteiger partial charge in [-0.25, -0.2) is 0 Å².